The topological polar surface area (TPSA) is 41.8 Å². The molecule has 1 N–H and O–H groups in total. The van der Waals surface area contributed by atoms with Crippen LogP contribution in [0.2, 0.25) is 10.0 Å². The molecule has 0 amide bonds. The Bertz CT molecular complexity index is 1360. The van der Waals surface area contributed by atoms with Crippen molar-refractivity contribution in [1.82, 2.24) is 9.97 Å². The highest BCUT2D eigenvalue weighted by molar-refractivity contribution is 6.31. The number of oxazole rings is 1. The lowest BCUT2D eigenvalue weighted by Gasteiger charge is -2.06. The number of fused-ring (bicyclic) bond motifs is 1. The van der Waals surface area contributed by atoms with Gasteiger partial charge in [0, 0.05) is 33.4 Å². The zero-order chi connectivity index (χ0) is 20.8. The van der Waals surface area contributed by atoms with Crippen molar-refractivity contribution in [1.29, 1.82) is 0 Å². The van der Waals surface area contributed by atoms with Gasteiger partial charge >= 0.3 is 0 Å². The SMILES string of the molecule is Cc1ccc(-c2nc(C)oc2-c2c(-c3ccc(Cl)cc3)[nH]c3ccc(Cl)cc23)cc1. The summed E-state index contributed by atoms with van der Waals surface area (Å²) in [4.78, 5) is 8.24. The molecule has 0 spiro atoms. The van der Waals surface area contributed by atoms with E-state index >= 15 is 0 Å². The van der Waals surface area contributed by atoms with E-state index < -0.39 is 0 Å². The molecule has 2 heterocycles. The minimum Gasteiger partial charge on any atom is -0.440 e. The molecular weight excluding hydrogens is 415 g/mol. The Kier molecular flexibility index (Phi) is 4.65. The number of halogens is 2. The number of nitrogens with one attached hydrogen (secondary N) is 1. The van der Waals surface area contributed by atoms with E-state index in [2.05, 4.69) is 36.2 Å². The number of benzene rings is 3. The van der Waals surface area contributed by atoms with Crippen LogP contribution in [-0.4, -0.2) is 9.97 Å². The summed E-state index contributed by atoms with van der Waals surface area (Å²) in [6.45, 7) is 3.93. The van der Waals surface area contributed by atoms with Gasteiger partial charge in [0.05, 0.1) is 11.3 Å². The Morgan fingerprint density at radius 3 is 2.20 bits per heavy atom. The normalized spacial score (nSPS) is 11.3. The number of nitrogens with zero attached hydrogens (tertiary/aromatic N) is 1. The molecule has 0 saturated heterocycles. The number of rotatable bonds is 3. The van der Waals surface area contributed by atoms with Gasteiger partial charge in [-0.3, -0.25) is 0 Å². The fourth-order valence-electron chi connectivity index (χ4n) is 3.74. The highest BCUT2D eigenvalue weighted by atomic mass is 35.5. The lowest BCUT2D eigenvalue weighted by molar-refractivity contribution is 0.535. The van der Waals surface area contributed by atoms with Gasteiger partial charge in [-0.15, -0.1) is 0 Å². The third kappa shape index (κ3) is 3.30. The van der Waals surface area contributed by atoms with Crippen molar-refractivity contribution in [2.75, 3.05) is 0 Å². The fraction of sp³-hybridized carbons (Fsp3) is 0.0800. The minimum absolute atomic E-state index is 0.610. The molecular formula is C25H18Cl2N2O. The van der Waals surface area contributed by atoms with E-state index in [9.17, 15) is 0 Å². The Morgan fingerprint density at radius 2 is 1.47 bits per heavy atom. The first kappa shape index (κ1) is 19.0. The Labute approximate surface area is 184 Å². The van der Waals surface area contributed by atoms with Crippen LogP contribution in [0.3, 0.4) is 0 Å². The first-order chi connectivity index (χ1) is 14.5. The largest absolute Gasteiger partial charge is 0.440 e. The molecule has 5 heteroatoms. The van der Waals surface area contributed by atoms with Crippen molar-refractivity contribution in [3.8, 4) is 33.8 Å². The second-order valence-electron chi connectivity index (χ2n) is 7.35. The van der Waals surface area contributed by atoms with Crippen LogP contribution in [0.4, 0.5) is 0 Å². The van der Waals surface area contributed by atoms with Gasteiger partial charge < -0.3 is 9.40 Å². The predicted octanol–water partition coefficient (Wildman–Crippen LogP) is 8.08. The number of aryl methyl sites for hydroxylation is 2. The maximum Gasteiger partial charge on any atom is 0.192 e. The number of aromatic amines is 1. The van der Waals surface area contributed by atoms with E-state index in [0.717, 1.165) is 44.7 Å². The highest BCUT2D eigenvalue weighted by Gasteiger charge is 2.23. The molecule has 0 radical (unpaired) electrons. The molecule has 3 aromatic carbocycles. The van der Waals surface area contributed by atoms with E-state index in [-0.39, 0.29) is 0 Å². The molecule has 0 unspecified atom stereocenters. The van der Waals surface area contributed by atoms with E-state index in [1.165, 1.54) is 5.56 Å². The van der Waals surface area contributed by atoms with Crippen LogP contribution < -0.4 is 0 Å². The summed E-state index contributed by atoms with van der Waals surface area (Å²) >= 11 is 12.5. The van der Waals surface area contributed by atoms with Crippen LogP contribution in [-0.2, 0) is 0 Å². The van der Waals surface area contributed by atoms with Crippen molar-refractivity contribution < 1.29 is 4.42 Å². The van der Waals surface area contributed by atoms with Gasteiger partial charge in [-0.1, -0.05) is 65.2 Å². The quantitative estimate of drug-likeness (QED) is 0.312. The first-order valence-corrected chi connectivity index (χ1v) is 10.4. The van der Waals surface area contributed by atoms with Gasteiger partial charge in [-0.2, -0.15) is 0 Å². The van der Waals surface area contributed by atoms with Gasteiger partial charge in [0.15, 0.2) is 11.7 Å². The van der Waals surface area contributed by atoms with E-state index in [1.807, 2.05) is 49.4 Å². The summed E-state index contributed by atoms with van der Waals surface area (Å²) in [5, 5.41) is 2.34. The van der Waals surface area contributed by atoms with E-state index in [1.54, 1.807) is 0 Å². The summed E-state index contributed by atoms with van der Waals surface area (Å²) in [5.74, 6) is 1.33. The van der Waals surface area contributed by atoms with Crippen LogP contribution in [0.15, 0.2) is 71.1 Å². The fourth-order valence-corrected chi connectivity index (χ4v) is 4.03. The lowest BCUT2D eigenvalue weighted by Crippen LogP contribution is -1.86. The smallest absolute Gasteiger partial charge is 0.192 e. The maximum absolute atomic E-state index is 6.36. The predicted molar refractivity (Wildman–Crippen MR) is 124 cm³/mol. The number of hydrogen-bond acceptors (Lipinski definition) is 2. The Hall–Kier alpha value is -3.01. The summed E-state index contributed by atoms with van der Waals surface area (Å²) < 4.78 is 6.18. The molecule has 30 heavy (non-hydrogen) atoms. The second kappa shape index (κ2) is 7.35. The molecule has 0 saturated carbocycles. The third-order valence-electron chi connectivity index (χ3n) is 5.18. The highest BCUT2D eigenvalue weighted by Crippen LogP contribution is 2.43. The molecule has 3 nitrogen and oxygen atoms in total. The third-order valence-corrected chi connectivity index (χ3v) is 5.67. The Balaban J connectivity index is 1.83. The number of hydrogen-bond donors (Lipinski definition) is 1. The van der Waals surface area contributed by atoms with Crippen molar-refractivity contribution in [2.45, 2.75) is 13.8 Å². The van der Waals surface area contributed by atoms with Crippen LogP contribution in [0.5, 0.6) is 0 Å². The van der Waals surface area contributed by atoms with Crippen LogP contribution in [0.1, 0.15) is 11.5 Å². The maximum atomic E-state index is 6.36. The average Bonchev–Trinajstić information content (AvgIpc) is 3.29. The van der Waals surface area contributed by atoms with Crippen LogP contribution >= 0.6 is 23.2 Å². The van der Waals surface area contributed by atoms with Crippen LogP contribution in [0.25, 0.3) is 44.7 Å². The molecule has 0 atom stereocenters. The Morgan fingerprint density at radius 1 is 0.800 bits per heavy atom. The number of aromatic nitrogens is 2. The van der Waals surface area contributed by atoms with Gasteiger partial charge in [-0.25, -0.2) is 4.98 Å². The molecule has 0 aliphatic carbocycles. The summed E-state index contributed by atoms with van der Waals surface area (Å²) in [7, 11) is 0. The summed E-state index contributed by atoms with van der Waals surface area (Å²) in [5.41, 5.74) is 6.86. The molecule has 2 aromatic heterocycles. The van der Waals surface area contributed by atoms with E-state index in [0.29, 0.717) is 15.9 Å². The molecule has 0 fully saturated rings. The molecule has 0 aliphatic rings. The van der Waals surface area contributed by atoms with Crippen LogP contribution in [0, 0.1) is 13.8 Å². The van der Waals surface area contributed by atoms with Crippen molar-refractivity contribution >= 4 is 34.1 Å². The molecule has 0 bridgehead atoms. The molecule has 5 rings (SSSR count). The van der Waals surface area contributed by atoms with Crippen molar-refractivity contribution in [3.05, 3.63) is 88.2 Å². The van der Waals surface area contributed by atoms with Gasteiger partial charge in [0.2, 0.25) is 0 Å². The monoisotopic (exact) mass is 432 g/mol. The zero-order valence-electron chi connectivity index (χ0n) is 16.5. The van der Waals surface area contributed by atoms with E-state index in [4.69, 9.17) is 32.6 Å². The van der Waals surface area contributed by atoms with Gasteiger partial charge in [0.1, 0.15) is 5.69 Å². The second-order valence-corrected chi connectivity index (χ2v) is 8.22. The summed E-state index contributed by atoms with van der Waals surface area (Å²) in [6.07, 6.45) is 0. The van der Waals surface area contributed by atoms with Crippen molar-refractivity contribution in [2.24, 2.45) is 0 Å². The summed E-state index contributed by atoms with van der Waals surface area (Å²) in [6, 6.07) is 21.9. The number of H-pyrrole nitrogens is 1. The molecule has 148 valence electrons. The lowest BCUT2D eigenvalue weighted by atomic mass is 9.99. The zero-order valence-corrected chi connectivity index (χ0v) is 18.0. The van der Waals surface area contributed by atoms with Crippen molar-refractivity contribution in [3.63, 3.8) is 0 Å². The molecule has 5 aromatic rings. The standard InChI is InChI=1S/C25H18Cl2N2O/c1-14-3-5-17(6-4-14)24-25(30-15(2)28-24)22-20-13-19(27)11-12-21(20)29-23(22)16-7-9-18(26)10-8-16/h3-13,29H,1-2H3. The van der Waals surface area contributed by atoms with Gasteiger partial charge in [-0.05, 0) is 42.8 Å². The first-order valence-electron chi connectivity index (χ1n) is 9.61. The van der Waals surface area contributed by atoms with Gasteiger partial charge in [0.25, 0.3) is 0 Å². The minimum atomic E-state index is 0.610. The average molecular weight is 433 g/mol. The molecule has 0 aliphatic heterocycles.